The molecule has 0 bridgehead atoms. The molecule has 26 heavy (non-hydrogen) atoms. The molecule has 0 N–H and O–H groups in total. The molecule has 0 amide bonds. The number of ether oxygens (including phenoxy) is 2. The summed E-state index contributed by atoms with van der Waals surface area (Å²) in [5.41, 5.74) is 0.164. The van der Waals surface area contributed by atoms with Crippen LogP contribution in [-0.2, 0) is 19.1 Å². The SMILES string of the molecule is Cc1cc(C(F)(F)F)nn1CCc1nnc(-c2ccc3c(c2)OCO3)o1. The van der Waals surface area contributed by atoms with E-state index in [1.807, 2.05) is 0 Å². The van der Waals surface area contributed by atoms with E-state index in [0.29, 0.717) is 34.5 Å². The van der Waals surface area contributed by atoms with Crippen LogP contribution in [0.4, 0.5) is 13.2 Å². The number of rotatable bonds is 4. The molecule has 10 heteroatoms. The van der Waals surface area contributed by atoms with Crippen LogP contribution < -0.4 is 9.47 Å². The van der Waals surface area contributed by atoms with Crippen molar-refractivity contribution in [3.63, 3.8) is 0 Å². The van der Waals surface area contributed by atoms with E-state index in [0.717, 1.165) is 6.07 Å². The molecule has 0 spiro atoms. The summed E-state index contributed by atoms with van der Waals surface area (Å²) < 4.78 is 55.5. The summed E-state index contributed by atoms with van der Waals surface area (Å²) in [7, 11) is 0. The van der Waals surface area contributed by atoms with Gasteiger partial charge in [0, 0.05) is 24.2 Å². The fourth-order valence-corrected chi connectivity index (χ4v) is 2.58. The number of halogens is 3. The summed E-state index contributed by atoms with van der Waals surface area (Å²) in [5, 5.41) is 11.5. The quantitative estimate of drug-likeness (QED) is 0.706. The van der Waals surface area contributed by atoms with E-state index in [2.05, 4.69) is 15.3 Å². The van der Waals surface area contributed by atoms with E-state index in [-0.39, 0.29) is 19.8 Å². The highest BCUT2D eigenvalue weighted by molar-refractivity contribution is 5.60. The lowest BCUT2D eigenvalue weighted by atomic mass is 10.2. The number of fused-ring (bicyclic) bond motifs is 1. The van der Waals surface area contributed by atoms with Crippen molar-refractivity contribution in [1.29, 1.82) is 0 Å². The van der Waals surface area contributed by atoms with Crippen LogP contribution >= 0.6 is 0 Å². The van der Waals surface area contributed by atoms with Crippen LogP contribution in [0.1, 0.15) is 17.3 Å². The van der Waals surface area contributed by atoms with Crippen LogP contribution in [0.5, 0.6) is 11.5 Å². The van der Waals surface area contributed by atoms with Gasteiger partial charge >= 0.3 is 6.18 Å². The molecular weight excluding hydrogens is 353 g/mol. The molecule has 136 valence electrons. The fourth-order valence-electron chi connectivity index (χ4n) is 2.58. The Labute approximate surface area is 145 Å². The molecule has 1 aliphatic heterocycles. The highest BCUT2D eigenvalue weighted by Gasteiger charge is 2.34. The molecule has 0 atom stereocenters. The van der Waals surface area contributed by atoms with Crippen LogP contribution in [-0.4, -0.2) is 26.8 Å². The van der Waals surface area contributed by atoms with Crippen LogP contribution in [0.15, 0.2) is 28.7 Å². The second-order valence-electron chi connectivity index (χ2n) is 5.71. The van der Waals surface area contributed by atoms with Crippen molar-refractivity contribution in [2.75, 3.05) is 6.79 Å². The van der Waals surface area contributed by atoms with Gasteiger partial charge in [0.15, 0.2) is 17.2 Å². The second kappa shape index (κ2) is 6.04. The van der Waals surface area contributed by atoms with Crippen molar-refractivity contribution in [2.45, 2.75) is 26.1 Å². The first-order valence-electron chi connectivity index (χ1n) is 7.74. The minimum atomic E-state index is -4.47. The average molecular weight is 366 g/mol. The molecule has 0 saturated heterocycles. The number of benzene rings is 1. The molecule has 0 aliphatic carbocycles. The molecule has 4 rings (SSSR count). The van der Waals surface area contributed by atoms with Gasteiger partial charge in [0.25, 0.3) is 0 Å². The fraction of sp³-hybridized carbons (Fsp3) is 0.312. The highest BCUT2D eigenvalue weighted by atomic mass is 19.4. The first kappa shape index (κ1) is 16.4. The second-order valence-corrected chi connectivity index (χ2v) is 5.71. The van der Waals surface area contributed by atoms with Crippen LogP contribution in [0.2, 0.25) is 0 Å². The van der Waals surface area contributed by atoms with Crippen LogP contribution in [0, 0.1) is 6.92 Å². The van der Waals surface area contributed by atoms with E-state index in [4.69, 9.17) is 13.9 Å². The first-order valence-corrected chi connectivity index (χ1v) is 7.74. The lowest BCUT2D eigenvalue weighted by molar-refractivity contribution is -0.141. The third kappa shape index (κ3) is 3.09. The van der Waals surface area contributed by atoms with Crippen molar-refractivity contribution < 1.29 is 27.1 Å². The number of hydrogen-bond donors (Lipinski definition) is 0. The zero-order chi connectivity index (χ0) is 18.3. The van der Waals surface area contributed by atoms with Gasteiger partial charge in [-0.1, -0.05) is 0 Å². The van der Waals surface area contributed by atoms with Gasteiger partial charge in [-0.3, -0.25) is 4.68 Å². The minimum absolute atomic E-state index is 0.164. The minimum Gasteiger partial charge on any atom is -0.454 e. The van der Waals surface area contributed by atoms with E-state index in [1.54, 1.807) is 25.1 Å². The van der Waals surface area contributed by atoms with Crippen molar-refractivity contribution in [3.8, 4) is 23.0 Å². The van der Waals surface area contributed by atoms with Gasteiger partial charge in [0.1, 0.15) is 0 Å². The highest BCUT2D eigenvalue weighted by Crippen LogP contribution is 2.35. The predicted octanol–water partition coefficient (Wildman–Crippen LogP) is 3.23. The van der Waals surface area contributed by atoms with Gasteiger partial charge in [0.2, 0.25) is 18.6 Å². The van der Waals surface area contributed by atoms with Crippen molar-refractivity contribution in [1.82, 2.24) is 20.0 Å². The average Bonchev–Trinajstić information content (AvgIpc) is 3.31. The maximum atomic E-state index is 12.7. The molecule has 2 aromatic heterocycles. The molecule has 1 aliphatic rings. The third-order valence-electron chi connectivity index (χ3n) is 3.90. The summed E-state index contributed by atoms with van der Waals surface area (Å²) in [6.07, 6.45) is -4.20. The van der Waals surface area contributed by atoms with Gasteiger partial charge in [0.05, 0.1) is 0 Å². The molecule has 0 saturated carbocycles. The van der Waals surface area contributed by atoms with Gasteiger partial charge in [-0.15, -0.1) is 10.2 Å². The van der Waals surface area contributed by atoms with Crippen molar-refractivity contribution in [2.24, 2.45) is 0 Å². The van der Waals surface area contributed by atoms with Crippen LogP contribution in [0.25, 0.3) is 11.5 Å². The zero-order valence-corrected chi connectivity index (χ0v) is 13.6. The number of aryl methyl sites for hydroxylation is 3. The summed E-state index contributed by atoms with van der Waals surface area (Å²) in [6, 6.07) is 6.24. The Morgan fingerprint density at radius 2 is 1.92 bits per heavy atom. The summed E-state index contributed by atoms with van der Waals surface area (Å²) >= 11 is 0. The lowest BCUT2D eigenvalue weighted by Crippen LogP contribution is -2.09. The Hall–Kier alpha value is -3.04. The summed E-state index contributed by atoms with van der Waals surface area (Å²) in [5.74, 6) is 1.84. The van der Waals surface area contributed by atoms with E-state index in [1.165, 1.54) is 4.68 Å². The topological polar surface area (TPSA) is 75.2 Å². The normalized spacial score (nSPS) is 13.4. The van der Waals surface area contributed by atoms with E-state index < -0.39 is 11.9 Å². The largest absolute Gasteiger partial charge is 0.454 e. The van der Waals surface area contributed by atoms with Gasteiger partial charge in [-0.2, -0.15) is 18.3 Å². The third-order valence-corrected chi connectivity index (χ3v) is 3.90. The Morgan fingerprint density at radius 1 is 1.12 bits per heavy atom. The Balaban J connectivity index is 1.47. The molecule has 7 nitrogen and oxygen atoms in total. The molecular formula is C16H13F3N4O3. The maximum absolute atomic E-state index is 12.7. The smallest absolute Gasteiger partial charge is 0.435 e. The Bertz CT molecular complexity index is 949. The maximum Gasteiger partial charge on any atom is 0.435 e. The molecule has 3 aromatic rings. The number of nitrogens with zero attached hydrogens (tertiary/aromatic N) is 4. The number of alkyl halides is 3. The van der Waals surface area contributed by atoms with Gasteiger partial charge < -0.3 is 13.9 Å². The molecule has 0 radical (unpaired) electrons. The molecule has 1 aromatic carbocycles. The summed E-state index contributed by atoms with van der Waals surface area (Å²) in [4.78, 5) is 0. The lowest BCUT2D eigenvalue weighted by Gasteiger charge is -2.02. The monoisotopic (exact) mass is 366 g/mol. The number of hydrogen-bond acceptors (Lipinski definition) is 6. The molecule has 0 fully saturated rings. The van der Waals surface area contributed by atoms with Crippen molar-refractivity contribution in [3.05, 3.63) is 41.5 Å². The van der Waals surface area contributed by atoms with E-state index in [9.17, 15) is 13.2 Å². The van der Waals surface area contributed by atoms with Gasteiger partial charge in [-0.05, 0) is 31.2 Å². The Morgan fingerprint density at radius 3 is 2.69 bits per heavy atom. The Kier molecular flexibility index (Phi) is 3.82. The summed E-state index contributed by atoms with van der Waals surface area (Å²) in [6.45, 7) is 1.93. The zero-order valence-electron chi connectivity index (χ0n) is 13.6. The predicted molar refractivity (Wildman–Crippen MR) is 81.5 cm³/mol. The first-order chi connectivity index (χ1) is 12.4. The number of aromatic nitrogens is 4. The molecule has 0 unspecified atom stereocenters. The molecule has 3 heterocycles. The van der Waals surface area contributed by atoms with Gasteiger partial charge in [-0.25, -0.2) is 0 Å². The van der Waals surface area contributed by atoms with Crippen LogP contribution in [0.3, 0.4) is 0 Å². The van der Waals surface area contributed by atoms with Crippen molar-refractivity contribution >= 4 is 0 Å². The standard InChI is InChI=1S/C16H13F3N4O3/c1-9-6-13(16(17,18)19)22-23(9)5-4-14-20-21-15(26-14)10-2-3-11-12(7-10)25-8-24-11/h2-3,6-7H,4-5,8H2,1H3. The van der Waals surface area contributed by atoms with E-state index >= 15 is 0 Å².